The Labute approximate surface area is 127 Å². The van der Waals surface area contributed by atoms with E-state index in [4.69, 9.17) is 4.74 Å². The van der Waals surface area contributed by atoms with Crippen LogP contribution in [0, 0.1) is 0 Å². The third kappa shape index (κ3) is 4.46. The molecule has 1 aromatic carbocycles. The molecule has 0 spiro atoms. The van der Waals surface area contributed by atoms with Crippen molar-refractivity contribution in [3.63, 3.8) is 0 Å². The molecule has 0 radical (unpaired) electrons. The number of hydrogen-bond donors (Lipinski definition) is 1. The van der Waals surface area contributed by atoms with Gasteiger partial charge in [0, 0.05) is 6.04 Å². The lowest BCUT2D eigenvalue weighted by atomic mass is 10.1. The summed E-state index contributed by atoms with van der Waals surface area (Å²) in [4.78, 5) is 11.9. The van der Waals surface area contributed by atoms with Crippen LogP contribution in [0.2, 0.25) is 0 Å². The van der Waals surface area contributed by atoms with E-state index in [0.717, 1.165) is 19.3 Å². The third-order valence-corrected chi connectivity index (χ3v) is 4.00. The normalized spacial score (nSPS) is 19.6. The van der Waals surface area contributed by atoms with E-state index < -0.39 is 0 Å². The number of benzene rings is 1. The number of nitrogens with one attached hydrogen (secondary N) is 1. The maximum atomic E-state index is 11.9. The number of carbonyl (C=O) groups excluding carboxylic acids is 1. The van der Waals surface area contributed by atoms with Crippen molar-refractivity contribution in [3.8, 4) is 0 Å². The maximum absolute atomic E-state index is 11.9. The first-order valence-corrected chi connectivity index (χ1v) is 8.00. The summed E-state index contributed by atoms with van der Waals surface area (Å²) in [5.41, 5.74) is 4.61. The van der Waals surface area contributed by atoms with Gasteiger partial charge in [-0.15, -0.1) is 0 Å². The zero-order chi connectivity index (χ0) is 15.1. The quantitative estimate of drug-likeness (QED) is 0.796. The molecule has 0 unspecified atom stereocenters. The van der Waals surface area contributed by atoms with E-state index in [1.165, 1.54) is 18.4 Å². The van der Waals surface area contributed by atoms with Crippen molar-refractivity contribution in [1.82, 2.24) is 10.4 Å². The number of ether oxygens (including phenoxy) is 1. The number of hydrogen-bond acceptors (Lipinski definition) is 3. The Morgan fingerprint density at radius 2 is 2.10 bits per heavy atom. The highest BCUT2D eigenvalue weighted by Crippen LogP contribution is 2.17. The third-order valence-electron chi connectivity index (χ3n) is 4.00. The van der Waals surface area contributed by atoms with Crippen molar-refractivity contribution in [3.05, 3.63) is 35.9 Å². The summed E-state index contributed by atoms with van der Waals surface area (Å²) in [5, 5.41) is 1.71. The highest BCUT2D eigenvalue weighted by molar-refractivity contribution is 5.69. The van der Waals surface area contributed by atoms with Crippen LogP contribution in [0.15, 0.2) is 30.3 Å². The number of amides is 1. The molecule has 1 fully saturated rings. The van der Waals surface area contributed by atoms with Crippen LogP contribution in [0.25, 0.3) is 0 Å². The largest absolute Gasteiger partial charge is 0.446 e. The molecule has 1 N–H and O–H groups in total. The van der Waals surface area contributed by atoms with Crippen LogP contribution in [-0.2, 0) is 11.2 Å². The van der Waals surface area contributed by atoms with Crippen molar-refractivity contribution in [1.29, 1.82) is 0 Å². The highest BCUT2D eigenvalue weighted by atomic mass is 16.6. The molecule has 4 nitrogen and oxygen atoms in total. The van der Waals surface area contributed by atoms with E-state index in [1.807, 2.05) is 18.2 Å². The summed E-state index contributed by atoms with van der Waals surface area (Å²) >= 11 is 0. The highest BCUT2D eigenvalue weighted by Gasteiger charge is 2.34. The molecule has 116 valence electrons. The molecule has 0 saturated carbocycles. The van der Waals surface area contributed by atoms with Crippen LogP contribution in [0.1, 0.15) is 45.1 Å². The van der Waals surface area contributed by atoms with Crippen LogP contribution in [-0.4, -0.2) is 29.8 Å². The fraction of sp³-hybridized carbons (Fsp3) is 0.588. The Morgan fingerprint density at radius 3 is 2.76 bits per heavy atom. The molecular weight excluding hydrogens is 264 g/mol. The van der Waals surface area contributed by atoms with Gasteiger partial charge in [0.05, 0.1) is 6.04 Å². The topological polar surface area (TPSA) is 41.6 Å². The zero-order valence-corrected chi connectivity index (χ0v) is 13.0. The molecule has 1 aliphatic heterocycles. The second kappa shape index (κ2) is 8.03. The number of cyclic esters (lactones) is 1. The zero-order valence-electron chi connectivity index (χ0n) is 13.0. The first-order chi connectivity index (χ1) is 10.2. The van der Waals surface area contributed by atoms with E-state index in [0.29, 0.717) is 12.6 Å². The van der Waals surface area contributed by atoms with Gasteiger partial charge >= 0.3 is 6.09 Å². The van der Waals surface area contributed by atoms with Gasteiger partial charge < -0.3 is 4.74 Å². The summed E-state index contributed by atoms with van der Waals surface area (Å²) in [7, 11) is 0. The molecule has 2 rings (SSSR count). The Morgan fingerprint density at radius 1 is 1.33 bits per heavy atom. The molecule has 1 heterocycles. The van der Waals surface area contributed by atoms with Crippen LogP contribution in [0.4, 0.5) is 4.79 Å². The number of hydrazine groups is 1. The first kappa shape index (κ1) is 15.8. The maximum Gasteiger partial charge on any atom is 0.424 e. The molecule has 0 aliphatic carbocycles. The summed E-state index contributed by atoms with van der Waals surface area (Å²) in [6.45, 7) is 4.81. The molecule has 2 atom stereocenters. The second-order valence-electron chi connectivity index (χ2n) is 5.67. The second-order valence-corrected chi connectivity index (χ2v) is 5.67. The van der Waals surface area contributed by atoms with Crippen molar-refractivity contribution in [2.45, 2.75) is 58.0 Å². The molecule has 0 aromatic heterocycles. The van der Waals surface area contributed by atoms with Crippen molar-refractivity contribution >= 4 is 6.09 Å². The number of rotatable bonds is 8. The standard InChI is InChI=1S/C17H26N2O2/c1-3-5-11-15(4-2)18-19-16(13-21-17(19)20)12-14-9-7-6-8-10-14/h6-10,15-16,18H,3-5,11-13H2,1-2H3/t15-,16+/m1/s1. The summed E-state index contributed by atoms with van der Waals surface area (Å²) in [5.74, 6) is 0. The minimum absolute atomic E-state index is 0.0792. The fourth-order valence-electron chi connectivity index (χ4n) is 2.66. The molecule has 1 aliphatic rings. The number of carbonyl (C=O) groups is 1. The number of unbranched alkanes of at least 4 members (excludes halogenated alkanes) is 1. The van der Waals surface area contributed by atoms with Crippen LogP contribution in [0.3, 0.4) is 0 Å². The average molecular weight is 290 g/mol. The average Bonchev–Trinajstić information content (AvgIpc) is 2.85. The monoisotopic (exact) mass is 290 g/mol. The molecule has 21 heavy (non-hydrogen) atoms. The van der Waals surface area contributed by atoms with E-state index in [1.54, 1.807) is 5.01 Å². The Bertz CT molecular complexity index is 436. The van der Waals surface area contributed by atoms with E-state index in [-0.39, 0.29) is 12.1 Å². The van der Waals surface area contributed by atoms with Crippen molar-refractivity contribution < 1.29 is 9.53 Å². The predicted octanol–water partition coefficient (Wildman–Crippen LogP) is 3.52. The van der Waals surface area contributed by atoms with E-state index in [9.17, 15) is 4.79 Å². The predicted molar refractivity (Wildman–Crippen MR) is 83.9 cm³/mol. The van der Waals surface area contributed by atoms with Gasteiger partial charge in [-0.1, -0.05) is 57.0 Å². The van der Waals surface area contributed by atoms with Gasteiger partial charge in [0.25, 0.3) is 0 Å². The molecule has 0 bridgehead atoms. The van der Waals surface area contributed by atoms with Gasteiger partial charge in [0.15, 0.2) is 0 Å². The molecule has 1 aromatic rings. The molecule has 1 amide bonds. The van der Waals surface area contributed by atoms with Gasteiger partial charge in [-0.05, 0) is 24.8 Å². The Balaban J connectivity index is 1.96. The lowest BCUT2D eigenvalue weighted by Gasteiger charge is -2.27. The first-order valence-electron chi connectivity index (χ1n) is 8.00. The van der Waals surface area contributed by atoms with E-state index in [2.05, 4.69) is 31.4 Å². The molecule has 1 saturated heterocycles. The summed E-state index contributed by atoms with van der Waals surface area (Å²) in [6, 6.07) is 10.7. The molecular formula is C17H26N2O2. The summed E-state index contributed by atoms with van der Waals surface area (Å²) in [6.07, 6.45) is 5.04. The number of nitrogens with zero attached hydrogens (tertiary/aromatic N) is 1. The smallest absolute Gasteiger partial charge is 0.424 e. The van der Waals surface area contributed by atoms with Gasteiger partial charge in [-0.2, -0.15) is 0 Å². The lowest BCUT2D eigenvalue weighted by Crippen LogP contribution is -2.50. The molecule has 4 heteroatoms. The SMILES string of the molecule is CCCC[C@@H](CC)NN1C(=O)OC[C@@H]1Cc1ccccc1. The minimum Gasteiger partial charge on any atom is -0.446 e. The van der Waals surface area contributed by atoms with Crippen molar-refractivity contribution in [2.24, 2.45) is 0 Å². The van der Waals surface area contributed by atoms with Crippen LogP contribution in [0.5, 0.6) is 0 Å². The van der Waals surface area contributed by atoms with Gasteiger partial charge in [0.1, 0.15) is 6.61 Å². The van der Waals surface area contributed by atoms with Gasteiger partial charge in [0.2, 0.25) is 0 Å². The van der Waals surface area contributed by atoms with E-state index >= 15 is 0 Å². The minimum atomic E-state index is -0.245. The van der Waals surface area contributed by atoms with Crippen molar-refractivity contribution in [2.75, 3.05) is 6.61 Å². The van der Waals surface area contributed by atoms with Gasteiger partial charge in [-0.3, -0.25) is 0 Å². The summed E-state index contributed by atoms with van der Waals surface area (Å²) < 4.78 is 5.22. The van der Waals surface area contributed by atoms with Gasteiger partial charge in [-0.25, -0.2) is 15.2 Å². The van der Waals surface area contributed by atoms with Crippen LogP contribution < -0.4 is 5.43 Å². The van der Waals surface area contributed by atoms with Crippen LogP contribution >= 0.6 is 0 Å². The fourth-order valence-corrected chi connectivity index (χ4v) is 2.66. The Hall–Kier alpha value is -1.55. The lowest BCUT2D eigenvalue weighted by molar-refractivity contribution is 0.127. The Kier molecular flexibility index (Phi) is 6.05.